The van der Waals surface area contributed by atoms with Crippen molar-refractivity contribution in [2.24, 2.45) is 0 Å². The normalized spacial score (nSPS) is 12.8. The van der Waals surface area contributed by atoms with Crippen LogP contribution in [0.3, 0.4) is 0 Å². The SMILES string of the molecule is Cc1cc(C(=O)N2CCc3ccccc32)nc(Nc2ccccc2Cl)n1. The molecule has 1 aliphatic rings. The Labute approximate surface area is 156 Å². The maximum absolute atomic E-state index is 13.0. The number of para-hydroxylation sites is 2. The topological polar surface area (TPSA) is 58.1 Å². The fourth-order valence-electron chi connectivity index (χ4n) is 3.10. The van der Waals surface area contributed by atoms with Crippen molar-refractivity contribution in [1.29, 1.82) is 0 Å². The van der Waals surface area contributed by atoms with Gasteiger partial charge in [-0.2, -0.15) is 0 Å². The smallest absolute Gasteiger partial charge is 0.277 e. The number of hydrogen-bond acceptors (Lipinski definition) is 4. The quantitative estimate of drug-likeness (QED) is 0.749. The Morgan fingerprint density at radius 1 is 1.12 bits per heavy atom. The molecule has 0 unspecified atom stereocenters. The predicted molar refractivity (Wildman–Crippen MR) is 103 cm³/mol. The second-order valence-corrected chi connectivity index (χ2v) is 6.57. The first-order chi connectivity index (χ1) is 12.6. The van der Waals surface area contributed by atoms with Crippen LogP contribution < -0.4 is 10.2 Å². The molecule has 0 saturated heterocycles. The molecule has 1 aliphatic heterocycles. The van der Waals surface area contributed by atoms with Gasteiger partial charge in [-0.15, -0.1) is 0 Å². The Kier molecular flexibility index (Phi) is 4.31. The van der Waals surface area contributed by atoms with E-state index in [1.807, 2.05) is 43.3 Å². The first-order valence-electron chi connectivity index (χ1n) is 8.39. The lowest BCUT2D eigenvalue weighted by Crippen LogP contribution is -2.30. The molecule has 0 aliphatic carbocycles. The Morgan fingerprint density at radius 3 is 2.73 bits per heavy atom. The minimum absolute atomic E-state index is 0.123. The average molecular weight is 365 g/mol. The van der Waals surface area contributed by atoms with Gasteiger partial charge in [0.1, 0.15) is 5.69 Å². The number of amides is 1. The van der Waals surface area contributed by atoms with Crippen LogP contribution in [0.5, 0.6) is 0 Å². The second-order valence-electron chi connectivity index (χ2n) is 6.16. The van der Waals surface area contributed by atoms with Crippen LogP contribution in [0.4, 0.5) is 17.3 Å². The van der Waals surface area contributed by atoms with Gasteiger partial charge in [0.25, 0.3) is 5.91 Å². The van der Waals surface area contributed by atoms with Crippen molar-refractivity contribution in [2.75, 3.05) is 16.8 Å². The highest BCUT2D eigenvalue weighted by Crippen LogP contribution is 2.29. The highest BCUT2D eigenvalue weighted by Gasteiger charge is 2.26. The molecule has 0 bridgehead atoms. The molecule has 2 aromatic carbocycles. The standard InChI is InChI=1S/C20H17ClN4O/c1-13-12-17(19(26)25-11-10-14-6-2-5-9-18(14)25)24-20(22-13)23-16-8-4-3-7-15(16)21/h2-9,12H,10-11H2,1H3,(H,22,23,24). The Hall–Kier alpha value is -2.92. The zero-order valence-electron chi connectivity index (χ0n) is 14.2. The van der Waals surface area contributed by atoms with Crippen LogP contribution in [-0.2, 0) is 6.42 Å². The monoisotopic (exact) mass is 364 g/mol. The summed E-state index contributed by atoms with van der Waals surface area (Å²) in [6.07, 6.45) is 0.858. The molecule has 1 amide bonds. The Balaban J connectivity index is 1.64. The first-order valence-corrected chi connectivity index (χ1v) is 8.76. The van der Waals surface area contributed by atoms with Crippen LogP contribution in [0.15, 0.2) is 54.6 Å². The van der Waals surface area contributed by atoms with Crippen LogP contribution in [-0.4, -0.2) is 22.4 Å². The van der Waals surface area contributed by atoms with E-state index in [9.17, 15) is 4.79 Å². The van der Waals surface area contributed by atoms with E-state index in [0.717, 1.165) is 12.1 Å². The highest BCUT2D eigenvalue weighted by atomic mass is 35.5. The molecule has 5 nitrogen and oxygen atoms in total. The van der Waals surface area contributed by atoms with E-state index in [0.29, 0.717) is 34.6 Å². The largest absolute Gasteiger partial charge is 0.323 e. The fraction of sp³-hybridized carbons (Fsp3) is 0.150. The van der Waals surface area contributed by atoms with Gasteiger partial charge in [-0.3, -0.25) is 4.79 Å². The third kappa shape index (κ3) is 3.13. The molecule has 3 aromatic rings. The van der Waals surface area contributed by atoms with Gasteiger partial charge >= 0.3 is 0 Å². The van der Waals surface area contributed by atoms with Crippen molar-refractivity contribution in [1.82, 2.24) is 9.97 Å². The summed E-state index contributed by atoms with van der Waals surface area (Å²) in [6.45, 7) is 2.50. The van der Waals surface area contributed by atoms with E-state index in [1.54, 1.807) is 17.0 Å². The summed E-state index contributed by atoms with van der Waals surface area (Å²) in [5.74, 6) is 0.233. The molecule has 0 saturated carbocycles. The van der Waals surface area contributed by atoms with E-state index in [2.05, 4.69) is 21.4 Å². The molecular formula is C20H17ClN4O. The van der Waals surface area contributed by atoms with Gasteiger partial charge in [0, 0.05) is 17.9 Å². The van der Waals surface area contributed by atoms with Crippen LogP contribution in [0.2, 0.25) is 5.02 Å². The average Bonchev–Trinajstić information content (AvgIpc) is 3.07. The predicted octanol–water partition coefficient (Wildman–Crippen LogP) is 4.38. The number of halogens is 1. The number of rotatable bonds is 3. The number of hydrogen-bond donors (Lipinski definition) is 1. The lowest BCUT2D eigenvalue weighted by molar-refractivity contribution is 0.0984. The third-order valence-corrected chi connectivity index (χ3v) is 4.66. The lowest BCUT2D eigenvalue weighted by atomic mass is 10.2. The lowest BCUT2D eigenvalue weighted by Gasteiger charge is -2.17. The molecule has 0 atom stereocenters. The molecule has 1 N–H and O–H groups in total. The number of carbonyl (C=O) groups is 1. The summed E-state index contributed by atoms with van der Waals surface area (Å²) in [6, 6.07) is 17.0. The number of aromatic nitrogens is 2. The molecule has 26 heavy (non-hydrogen) atoms. The molecule has 130 valence electrons. The number of carbonyl (C=O) groups excluding carboxylic acids is 1. The minimum Gasteiger partial charge on any atom is -0.323 e. The van der Waals surface area contributed by atoms with Crippen molar-refractivity contribution in [3.63, 3.8) is 0 Å². The summed E-state index contributed by atoms with van der Waals surface area (Å²) in [5.41, 5.74) is 3.91. The first kappa shape index (κ1) is 16.5. The number of nitrogens with zero attached hydrogens (tertiary/aromatic N) is 3. The molecule has 1 aromatic heterocycles. The summed E-state index contributed by atoms with van der Waals surface area (Å²) < 4.78 is 0. The van der Waals surface area contributed by atoms with Gasteiger partial charge in [-0.05, 0) is 43.2 Å². The Morgan fingerprint density at radius 2 is 1.88 bits per heavy atom. The van der Waals surface area contributed by atoms with Gasteiger partial charge in [0.2, 0.25) is 5.95 Å². The number of benzene rings is 2. The summed E-state index contributed by atoms with van der Waals surface area (Å²) in [5, 5.41) is 3.66. The zero-order chi connectivity index (χ0) is 18.1. The van der Waals surface area contributed by atoms with Crippen LogP contribution >= 0.6 is 11.6 Å². The third-order valence-electron chi connectivity index (χ3n) is 4.33. The van der Waals surface area contributed by atoms with E-state index >= 15 is 0 Å². The molecule has 0 radical (unpaired) electrons. The van der Waals surface area contributed by atoms with E-state index in [1.165, 1.54) is 5.56 Å². The van der Waals surface area contributed by atoms with Gasteiger partial charge in [-0.25, -0.2) is 9.97 Å². The van der Waals surface area contributed by atoms with Crippen LogP contribution in [0.25, 0.3) is 0 Å². The number of aryl methyl sites for hydroxylation is 1. The number of fused-ring (bicyclic) bond motifs is 1. The van der Waals surface area contributed by atoms with Crippen molar-refractivity contribution >= 4 is 34.8 Å². The molecular weight excluding hydrogens is 348 g/mol. The van der Waals surface area contributed by atoms with Gasteiger partial charge < -0.3 is 10.2 Å². The van der Waals surface area contributed by atoms with Gasteiger partial charge in [0.05, 0.1) is 10.7 Å². The molecule has 6 heteroatoms. The van der Waals surface area contributed by atoms with Gasteiger partial charge in [0.15, 0.2) is 0 Å². The summed E-state index contributed by atoms with van der Waals surface area (Å²) in [4.78, 5) is 23.6. The van der Waals surface area contributed by atoms with Gasteiger partial charge in [-0.1, -0.05) is 41.9 Å². The minimum atomic E-state index is -0.123. The summed E-state index contributed by atoms with van der Waals surface area (Å²) >= 11 is 6.18. The van der Waals surface area contributed by atoms with E-state index in [-0.39, 0.29) is 5.91 Å². The molecule has 0 spiro atoms. The zero-order valence-corrected chi connectivity index (χ0v) is 15.0. The molecule has 2 heterocycles. The van der Waals surface area contributed by atoms with Crippen molar-refractivity contribution in [3.8, 4) is 0 Å². The number of nitrogens with one attached hydrogen (secondary N) is 1. The second kappa shape index (κ2) is 6.77. The van der Waals surface area contributed by atoms with Crippen LogP contribution in [0, 0.1) is 6.92 Å². The van der Waals surface area contributed by atoms with Crippen molar-refractivity contribution in [2.45, 2.75) is 13.3 Å². The highest BCUT2D eigenvalue weighted by molar-refractivity contribution is 6.33. The van der Waals surface area contributed by atoms with E-state index in [4.69, 9.17) is 11.6 Å². The van der Waals surface area contributed by atoms with Crippen molar-refractivity contribution in [3.05, 3.63) is 76.6 Å². The summed E-state index contributed by atoms with van der Waals surface area (Å²) in [7, 11) is 0. The number of anilines is 3. The van der Waals surface area contributed by atoms with Crippen LogP contribution in [0.1, 0.15) is 21.7 Å². The maximum Gasteiger partial charge on any atom is 0.277 e. The van der Waals surface area contributed by atoms with Crippen molar-refractivity contribution < 1.29 is 4.79 Å². The molecule has 4 rings (SSSR count). The van der Waals surface area contributed by atoms with E-state index < -0.39 is 0 Å². The fourth-order valence-corrected chi connectivity index (χ4v) is 3.29. The molecule has 0 fully saturated rings. The Bertz CT molecular complexity index is 989. The maximum atomic E-state index is 13.0.